The van der Waals surface area contributed by atoms with Gasteiger partial charge in [0.1, 0.15) is 24.4 Å². The number of amides is 1. The summed E-state index contributed by atoms with van der Waals surface area (Å²) >= 11 is 0. The Kier molecular flexibility index (Phi) is 52.4. The van der Waals surface area contributed by atoms with Crippen LogP contribution in [0.15, 0.2) is 12.2 Å². The van der Waals surface area contributed by atoms with Gasteiger partial charge in [0.2, 0.25) is 5.91 Å². The summed E-state index contributed by atoms with van der Waals surface area (Å²) < 4.78 is 17.7. The second-order valence-electron chi connectivity index (χ2n) is 23.6. The van der Waals surface area contributed by atoms with E-state index < -0.39 is 67.4 Å². The van der Waals surface area contributed by atoms with E-state index in [-0.39, 0.29) is 13.0 Å². The molecule has 8 atom stereocenters. The molecule has 0 aromatic heterocycles. The molecule has 0 aliphatic carbocycles. The average Bonchev–Trinajstić information content (AvgIpc) is 3.43. The summed E-state index contributed by atoms with van der Waals surface area (Å²) in [4.78, 5) is 26.6. The van der Waals surface area contributed by atoms with Crippen molar-refractivity contribution in [1.82, 2.24) is 5.32 Å². The highest BCUT2D eigenvalue weighted by Gasteiger charge is 2.47. The van der Waals surface area contributed by atoms with Crippen LogP contribution in [0.5, 0.6) is 0 Å². The smallest absolute Gasteiger partial charge is 0.306 e. The third kappa shape index (κ3) is 42.9. The number of hydrogen-bond acceptors (Lipinski definition) is 10. The third-order valence-corrected chi connectivity index (χ3v) is 16.2. The normalized spacial score (nSPS) is 19.0. The van der Waals surface area contributed by atoms with E-state index in [4.69, 9.17) is 14.2 Å². The molecular weight excluding hydrogens is 967 g/mol. The van der Waals surface area contributed by atoms with Crippen molar-refractivity contribution < 1.29 is 49.3 Å². The van der Waals surface area contributed by atoms with Crippen LogP contribution >= 0.6 is 0 Å². The van der Waals surface area contributed by atoms with Crippen molar-refractivity contribution in [3.63, 3.8) is 0 Å². The third-order valence-electron chi connectivity index (χ3n) is 16.2. The summed E-state index contributed by atoms with van der Waals surface area (Å²) in [6, 6.07) is -1.02. The van der Waals surface area contributed by atoms with E-state index in [2.05, 4.69) is 26.1 Å². The van der Waals surface area contributed by atoms with Gasteiger partial charge in [0.15, 0.2) is 12.4 Å². The second-order valence-corrected chi connectivity index (χ2v) is 23.6. The molecule has 1 fully saturated rings. The maximum atomic E-state index is 13.4. The first-order valence-corrected chi connectivity index (χ1v) is 33.5. The summed E-state index contributed by atoms with van der Waals surface area (Å²) in [5, 5.41) is 57.1. The molecule has 1 aliphatic rings. The molecule has 1 amide bonds. The van der Waals surface area contributed by atoms with E-state index >= 15 is 0 Å². The van der Waals surface area contributed by atoms with Crippen LogP contribution in [0.1, 0.15) is 335 Å². The Balaban J connectivity index is 2.61. The number of esters is 1. The SMILES string of the molecule is CCCCCCCCCCCCC/C=C/C(O)C(COC1OC(CO)C(O)C(O)C1OC(=O)CCCCCCCCCCCCCCCCCCCCCCC)NC(=O)C(O)CCCCCCCCCCCCCCCC. The van der Waals surface area contributed by atoms with E-state index in [1.807, 2.05) is 6.08 Å². The van der Waals surface area contributed by atoms with Gasteiger partial charge in [-0.15, -0.1) is 0 Å². The quantitative estimate of drug-likeness (QED) is 0.0195. The van der Waals surface area contributed by atoms with Gasteiger partial charge in [-0.25, -0.2) is 0 Å². The number of allylic oxidation sites excluding steroid dienone is 1. The van der Waals surface area contributed by atoms with E-state index in [0.717, 1.165) is 57.8 Å². The number of unbranched alkanes of at least 4 members (excludes halogenated alkanes) is 44. The lowest BCUT2D eigenvalue weighted by molar-refractivity contribution is -0.305. The van der Waals surface area contributed by atoms with Gasteiger partial charge in [-0.3, -0.25) is 9.59 Å². The molecule has 0 saturated carbocycles. The number of carbonyl (C=O) groups is 2. The first-order valence-electron chi connectivity index (χ1n) is 33.5. The lowest BCUT2D eigenvalue weighted by atomic mass is 9.99. The number of rotatable bonds is 58. The van der Waals surface area contributed by atoms with Crippen LogP contribution in [-0.2, 0) is 23.8 Å². The fourth-order valence-electron chi connectivity index (χ4n) is 10.9. The summed E-state index contributed by atoms with van der Waals surface area (Å²) in [5.41, 5.74) is 0. The topological polar surface area (TPSA) is 175 Å². The predicted octanol–water partition coefficient (Wildman–Crippen LogP) is 16.3. The first kappa shape index (κ1) is 73.4. The van der Waals surface area contributed by atoms with Crippen LogP contribution in [0.25, 0.3) is 0 Å². The van der Waals surface area contributed by atoms with Crippen LogP contribution in [-0.4, -0.2) is 99.6 Å². The Hall–Kier alpha value is -1.60. The number of nitrogens with one attached hydrogen (secondary N) is 1. The minimum Gasteiger partial charge on any atom is -0.454 e. The number of aliphatic hydroxyl groups excluding tert-OH is 5. The Morgan fingerprint density at radius 1 is 0.494 bits per heavy atom. The van der Waals surface area contributed by atoms with Crippen LogP contribution in [0.4, 0.5) is 0 Å². The molecule has 0 bridgehead atoms. The highest BCUT2D eigenvalue weighted by molar-refractivity contribution is 5.80. The number of hydrogen-bond donors (Lipinski definition) is 6. The van der Waals surface area contributed by atoms with Gasteiger partial charge in [0.05, 0.1) is 25.4 Å². The fraction of sp³-hybridized carbons (Fsp3) is 0.939. The minimum absolute atomic E-state index is 0.132. The van der Waals surface area contributed by atoms with E-state index in [0.29, 0.717) is 19.3 Å². The van der Waals surface area contributed by atoms with Gasteiger partial charge in [0, 0.05) is 6.42 Å². The van der Waals surface area contributed by atoms with E-state index in [1.54, 1.807) is 6.08 Å². The maximum absolute atomic E-state index is 13.4. The van der Waals surface area contributed by atoms with Crippen LogP contribution in [0.3, 0.4) is 0 Å². The van der Waals surface area contributed by atoms with Crippen molar-refractivity contribution in [2.45, 2.75) is 384 Å². The van der Waals surface area contributed by atoms with Crippen LogP contribution < -0.4 is 5.32 Å². The zero-order chi connectivity index (χ0) is 56.1. The van der Waals surface area contributed by atoms with Crippen molar-refractivity contribution >= 4 is 11.9 Å². The standard InChI is InChI=1S/C66H127NO10/c1-4-7-10-13-16-19-22-25-27-28-29-30-31-32-33-36-39-42-45-48-51-54-61(71)77-64-63(73)62(72)60(55-68)76-66(64)75-56-57(58(69)52-49-46-43-40-37-34-24-21-18-15-12-9-6-3)67-65(74)59(70)53-50-47-44-41-38-35-26-23-20-17-14-11-8-5-2/h49,52,57-60,62-64,66,68-70,72-73H,4-48,50-51,53-56H2,1-3H3,(H,67,74)/b52-49+. The van der Waals surface area contributed by atoms with Gasteiger partial charge in [-0.05, 0) is 25.7 Å². The van der Waals surface area contributed by atoms with Gasteiger partial charge < -0.3 is 45.1 Å². The molecule has 8 unspecified atom stereocenters. The van der Waals surface area contributed by atoms with Crippen LogP contribution in [0.2, 0.25) is 0 Å². The van der Waals surface area contributed by atoms with Crippen molar-refractivity contribution in [2.24, 2.45) is 0 Å². The highest BCUT2D eigenvalue weighted by Crippen LogP contribution is 2.26. The van der Waals surface area contributed by atoms with Gasteiger partial charge >= 0.3 is 5.97 Å². The molecule has 456 valence electrons. The molecule has 0 radical (unpaired) electrons. The number of carbonyl (C=O) groups excluding carboxylic acids is 2. The Morgan fingerprint density at radius 3 is 1.22 bits per heavy atom. The zero-order valence-corrected chi connectivity index (χ0v) is 50.6. The van der Waals surface area contributed by atoms with Gasteiger partial charge in [0.25, 0.3) is 0 Å². The van der Waals surface area contributed by atoms with E-state index in [9.17, 15) is 35.1 Å². The molecule has 0 spiro atoms. The molecule has 1 saturated heterocycles. The summed E-state index contributed by atoms with van der Waals surface area (Å²) in [7, 11) is 0. The summed E-state index contributed by atoms with van der Waals surface area (Å²) in [6.45, 7) is 5.84. The van der Waals surface area contributed by atoms with Crippen molar-refractivity contribution in [3.05, 3.63) is 12.2 Å². The average molecular weight is 1090 g/mol. The van der Waals surface area contributed by atoms with Gasteiger partial charge in [-0.2, -0.15) is 0 Å². The molecule has 1 rings (SSSR count). The van der Waals surface area contributed by atoms with Gasteiger partial charge in [-0.1, -0.05) is 315 Å². The first-order chi connectivity index (χ1) is 37.7. The lowest BCUT2D eigenvalue weighted by Crippen LogP contribution is -2.61. The molecular formula is C66H127NO10. The monoisotopic (exact) mass is 1090 g/mol. The molecule has 0 aromatic carbocycles. The summed E-state index contributed by atoms with van der Waals surface area (Å²) in [6.07, 6.45) is 52.5. The summed E-state index contributed by atoms with van der Waals surface area (Å²) in [5.74, 6) is -1.17. The number of aliphatic hydroxyl groups is 5. The zero-order valence-electron chi connectivity index (χ0n) is 50.6. The minimum atomic E-state index is -1.61. The van der Waals surface area contributed by atoms with E-state index in [1.165, 1.54) is 231 Å². The van der Waals surface area contributed by atoms with Crippen LogP contribution in [0, 0.1) is 0 Å². The Morgan fingerprint density at radius 2 is 0.844 bits per heavy atom. The molecule has 1 heterocycles. The molecule has 1 aliphatic heterocycles. The molecule has 6 N–H and O–H groups in total. The molecule has 0 aromatic rings. The fourth-order valence-corrected chi connectivity index (χ4v) is 10.9. The highest BCUT2D eigenvalue weighted by atomic mass is 16.7. The lowest BCUT2D eigenvalue weighted by Gasteiger charge is -2.41. The largest absolute Gasteiger partial charge is 0.454 e. The van der Waals surface area contributed by atoms with Crippen molar-refractivity contribution in [2.75, 3.05) is 13.2 Å². The molecule has 11 heteroatoms. The predicted molar refractivity (Wildman–Crippen MR) is 320 cm³/mol. The second kappa shape index (κ2) is 55.0. The molecule has 11 nitrogen and oxygen atoms in total. The maximum Gasteiger partial charge on any atom is 0.306 e. The Bertz CT molecular complexity index is 1300. The Labute approximate surface area is 474 Å². The van der Waals surface area contributed by atoms with Crippen molar-refractivity contribution in [1.29, 1.82) is 0 Å². The van der Waals surface area contributed by atoms with Crippen molar-refractivity contribution in [3.8, 4) is 0 Å². The molecule has 77 heavy (non-hydrogen) atoms. The number of ether oxygens (including phenoxy) is 3.